The van der Waals surface area contributed by atoms with Crippen LogP contribution in [0.5, 0.6) is 5.88 Å². The van der Waals surface area contributed by atoms with Crippen molar-refractivity contribution in [3.8, 4) is 17.0 Å². The lowest BCUT2D eigenvalue weighted by atomic mass is 10.0. The molecule has 7 nitrogen and oxygen atoms in total. The minimum absolute atomic E-state index is 0.231. The summed E-state index contributed by atoms with van der Waals surface area (Å²) in [5, 5.41) is 16.3. The molecule has 0 aliphatic carbocycles. The highest BCUT2D eigenvalue weighted by Gasteiger charge is 2.19. The largest absolute Gasteiger partial charge is 0.473 e. The first kappa shape index (κ1) is 16.3. The Hall–Kier alpha value is -2.93. The van der Waals surface area contributed by atoms with E-state index in [-0.39, 0.29) is 6.10 Å². The van der Waals surface area contributed by atoms with Gasteiger partial charge in [-0.2, -0.15) is 5.10 Å². The lowest BCUT2D eigenvalue weighted by Crippen LogP contribution is -2.34. The number of aromatic nitrogens is 5. The highest BCUT2D eigenvalue weighted by molar-refractivity contribution is 5.91. The maximum atomic E-state index is 6.20. The third-order valence-corrected chi connectivity index (χ3v) is 5.28. The minimum Gasteiger partial charge on any atom is -0.473 e. The average Bonchev–Trinajstić information content (AvgIpc) is 3.30. The molecule has 0 unspecified atom stereocenters. The van der Waals surface area contributed by atoms with Gasteiger partial charge in [0.2, 0.25) is 5.88 Å². The van der Waals surface area contributed by atoms with Crippen molar-refractivity contribution >= 4 is 16.6 Å². The molecule has 1 aliphatic heterocycles. The van der Waals surface area contributed by atoms with Gasteiger partial charge in [-0.05, 0) is 68.6 Å². The van der Waals surface area contributed by atoms with Crippen LogP contribution in [0.4, 0.5) is 0 Å². The Morgan fingerprint density at radius 3 is 2.74 bits per heavy atom. The molecule has 138 valence electrons. The molecule has 3 aromatic heterocycles. The third-order valence-electron chi connectivity index (χ3n) is 5.28. The number of aromatic amines is 1. The third kappa shape index (κ3) is 2.84. The van der Waals surface area contributed by atoms with Crippen LogP contribution in [0.25, 0.3) is 27.7 Å². The molecule has 0 bridgehead atoms. The van der Waals surface area contributed by atoms with Gasteiger partial charge < -0.3 is 10.1 Å². The second-order valence-electron chi connectivity index (χ2n) is 7.25. The standard InChI is InChI=1S/C20H22N6O/c1-12-7-14(15-8-13(2)19-22-11-23-26(19)10-15)9-17-18(12)20(25-24-17)27-16-3-5-21-6-4-16/h7-11,16,21H,3-6H2,1-2H3,(H,24,25). The van der Waals surface area contributed by atoms with Crippen molar-refractivity contribution in [2.45, 2.75) is 32.8 Å². The van der Waals surface area contributed by atoms with E-state index >= 15 is 0 Å². The number of fused-ring (bicyclic) bond motifs is 2. The van der Waals surface area contributed by atoms with Gasteiger partial charge in [-0.15, -0.1) is 5.10 Å². The number of benzene rings is 1. The molecule has 5 rings (SSSR count). The van der Waals surface area contributed by atoms with Gasteiger partial charge in [0.1, 0.15) is 12.4 Å². The molecule has 7 heteroatoms. The van der Waals surface area contributed by atoms with Crippen molar-refractivity contribution < 1.29 is 4.74 Å². The van der Waals surface area contributed by atoms with Crippen molar-refractivity contribution in [3.63, 3.8) is 0 Å². The number of pyridine rings is 1. The molecule has 0 amide bonds. The van der Waals surface area contributed by atoms with Crippen molar-refractivity contribution in [2.24, 2.45) is 0 Å². The molecule has 1 fully saturated rings. The van der Waals surface area contributed by atoms with Crippen LogP contribution in [-0.2, 0) is 0 Å². The van der Waals surface area contributed by atoms with Crippen LogP contribution in [0.1, 0.15) is 24.0 Å². The van der Waals surface area contributed by atoms with E-state index in [1.165, 1.54) is 0 Å². The van der Waals surface area contributed by atoms with Crippen LogP contribution >= 0.6 is 0 Å². The summed E-state index contributed by atoms with van der Waals surface area (Å²) in [5.74, 6) is 0.712. The summed E-state index contributed by atoms with van der Waals surface area (Å²) in [6.07, 6.45) is 5.86. The first-order chi connectivity index (χ1) is 13.2. The molecule has 27 heavy (non-hydrogen) atoms. The van der Waals surface area contributed by atoms with Gasteiger partial charge in [0.15, 0.2) is 5.65 Å². The Labute approximate surface area is 156 Å². The van der Waals surface area contributed by atoms with Crippen LogP contribution in [-0.4, -0.2) is 44.0 Å². The van der Waals surface area contributed by atoms with Crippen LogP contribution in [0.3, 0.4) is 0 Å². The molecule has 0 spiro atoms. The first-order valence-corrected chi connectivity index (χ1v) is 9.35. The van der Waals surface area contributed by atoms with Crippen molar-refractivity contribution in [1.29, 1.82) is 0 Å². The van der Waals surface area contributed by atoms with Gasteiger partial charge >= 0.3 is 0 Å². The van der Waals surface area contributed by atoms with E-state index in [9.17, 15) is 0 Å². The van der Waals surface area contributed by atoms with Gasteiger partial charge in [-0.3, -0.25) is 5.10 Å². The number of aryl methyl sites for hydroxylation is 2. The lowest BCUT2D eigenvalue weighted by molar-refractivity contribution is 0.157. The predicted octanol–water partition coefficient (Wildman–Crippen LogP) is 3.02. The number of rotatable bonds is 3. The smallest absolute Gasteiger partial charge is 0.241 e. The maximum Gasteiger partial charge on any atom is 0.241 e. The molecule has 1 saturated heterocycles. The molecular formula is C20H22N6O. The summed E-state index contributed by atoms with van der Waals surface area (Å²) in [4.78, 5) is 4.29. The van der Waals surface area contributed by atoms with E-state index in [1.807, 2.05) is 10.7 Å². The van der Waals surface area contributed by atoms with Gasteiger partial charge in [0.25, 0.3) is 0 Å². The van der Waals surface area contributed by atoms with Crippen molar-refractivity contribution in [2.75, 3.05) is 13.1 Å². The zero-order chi connectivity index (χ0) is 18.4. The molecular weight excluding hydrogens is 340 g/mol. The highest BCUT2D eigenvalue weighted by Crippen LogP contribution is 2.33. The van der Waals surface area contributed by atoms with E-state index < -0.39 is 0 Å². The summed E-state index contributed by atoms with van der Waals surface area (Å²) in [5.41, 5.74) is 6.35. The number of H-pyrrole nitrogens is 1. The first-order valence-electron chi connectivity index (χ1n) is 9.35. The number of nitrogens with one attached hydrogen (secondary N) is 2. The number of ether oxygens (including phenoxy) is 1. The van der Waals surface area contributed by atoms with Gasteiger partial charge in [-0.25, -0.2) is 9.50 Å². The maximum absolute atomic E-state index is 6.20. The Kier molecular flexibility index (Phi) is 3.82. The second-order valence-corrected chi connectivity index (χ2v) is 7.25. The fraction of sp³-hybridized carbons (Fsp3) is 0.350. The Morgan fingerprint density at radius 2 is 1.89 bits per heavy atom. The summed E-state index contributed by atoms with van der Waals surface area (Å²) in [6.45, 7) is 6.16. The monoisotopic (exact) mass is 362 g/mol. The normalized spacial score (nSPS) is 15.6. The van der Waals surface area contributed by atoms with Crippen molar-refractivity contribution in [1.82, 2.24) is 30.1 Å². The summed E-state index contributed by atoms with van der Waals surface area (Å²) < 4.78 is 8.02. The number of hydrogen-bond acceptors (Lipinski definition) is 5. The molecule has 1 aliphatic rings. The summed E-state index contributed by atoms with van der Waals surface area (Å²) in [7, 11) is 0. The molecule has 0 radical (unpaired) electrons. The number of hydrogen-bond donors (Lipinski definition) is 2. The quantitative estimate of drug-likeness (QED) is 0.586. The van der Waals surface area contributed by atoms with Crippen molar-refractivity contribution in [3.05, 3.63) is 41.9 Å². The molecule has 4 aromatic rings. The van der Waals surface area contributed by atoms with E-state index in [2.05, 4.69) is 57.6 Å². The topological polar surface area (TPSA) is 80.1 Å². The summed E-state index contributed by atoms with van der Waals surface area (Å²) in [6, 6.07) is 6.46. The fourth-order valence-electron chi connectivity index (χ4n) is 3.90. The fourth-order valence-corrected chi connectivity index (χ4v) is 3.90. The van der Waals surface area contributed by atoms with Gasteiger partial charge in [0.05, 0.1) is 10.9 Å². The van der Waals surface area contributed by atoms with E-state index in [0.717, 1.165) is 64.7 Å². The minimum atomic E-state index is 0.231. The zero-order valence-electron chi connectivity index (χ0n) is 15.5. The Balaban J connectivity index is 1.54. The van der Waals surface area contributed by atoms with E-state index in [0.29, 0.717) is 5.88 Å². The van der Waals surface area contributed by atoms with Crippen LogP contribution in [0, 0.1) is 13.8 Å². The van der Waals surface area contributed by atoms with E-state index in [1.54, 1.807) is 6.33 Å². The van der Waals surface area contributed by atoms with Crippen LogP contribution in [0.2, 0.25) is 0 Å². The lowest BCUT2D eigenvalue weighted by Gasteiger charge is -2.22. The molecule has 4 heterocycles. The van der Waals surface area contributed by atoms with E-state index in [4.69, 9.17) is 4.74 Å². The number of piperidine rings is 1. The van der Waals surface area contributed by atoms with Gasteiger partial charge in [-0.1, -0.05) is 6.07 Å². The SMILES string of the molecule is Cc1cc(-c2cc(C)c3ncnn3c2)cc2[nH]nc(OC3CCNCC3)c12. The zero-order valence-corrected chi connectivity index (χ0v) is 15.5. The van der Waals surface area contributed by atoms with Crippen LogP contribution in [0.15, 0.2) is 30.7 Å². The highest BCUT2D eigenvalue weighted by atomic mass is 16.5. The molecule has 0 atom stereocenters. The molecule has 2 N–H and O–H groups in total. The predicted molar refractivity (Wildman–Crippen MR) is 104 cm³/mol. The van der Waals surface area contributed by atoms with Crippen LogP contribution < -0.4 is 10.1 Å². The molecule has 1 aromatic carbocycles. The Morgan fingerprint density at radius 1 is 1.07 bits per heavy atom. The number of nitrogens with zero attached hydrogens (tertiary/aromatic N) is 4. The summed E-state index contributed by atoms with van der Waals surface area (Å²) >= 11 is 0. The second kappa shape index (κ2) is 6.35. The molecule has 0 saturated carbocycles. The Bertz CT molecular complexity index is 1120. The van der Waals surface area contributed by atoms with Gasteiger partial charge in [0, 0.05) is 11.8 Å². The average molecular weight is 362 g/mol.